The molecule has 0 radical (unpaired) electrons. The second-order valence-corrected chi connectivity index (χ2v) is 12.5. The third-order valence-corrected chi connectivity index (χ3v) is 9.82. The van der Waals surface area contributed by atoms with Crippen molar-refractivity contribution in [1.82, 2.24) is 0 Å². The normalized spacial score (nSPS) is 11.6. The Labute approximate surface area is 230 Å². The third kappa shape index (κ3) is 5.00. The largest absolute Gasteiger partial charge is 0.744 e. The molecule has 0 amide bonds. The van der Waals surface area contributed by atoms with Crippen LogP contribution in [0.15, 0.2) is 165 Å². The minimum absolute atomic E-state index is 0.0146. The van der Waals surface area contributed by atoms with Crippen molar-refractivity contribution in [3.8, 4) is 0 Å². The van der Waals surface area contributed by atoms with Gasteiger partial charge >= 0.3 is 0 Å². The zero-order chi connectivity index (χ0) is 26.8. The molecule has 0 unspecified atom stereocenters. The van der Waals surface area contributed by atoms with Gasteiger partial charge in [0.2, 0.25) is 0 Å². The topological polar surface area (TPSA) is 57.2 Å². The van der Waals surface area contributed by atoms with E-state index in [9.17, 15) is 13.0 Å². The van der Waals surface area contributed by atoms with E-state index in [-0.39, 0.29) is 15.8 Å². The molecule has 0 aliphatic rings. The van der Waals surface area contributed by atoms with Crippen molar-refractivity contribution in [2.45, 2.75) is 19.6 Å². The van der Waals surface area contributed by atoms with Gasteiger partial charge in [-0.15, -0.1) is 0 Å². The Hall–Kier alpha value is -4.16. The molecule has 0 aromatic heterocycles. The molecule has 3 nitrogen and oxygen atoms in total. The molecule has 7 aromatic carbocycles. The average molecular weight is 545 g/mol. The molecule has 0 bridgehead atoms. The predicted molar refractivity (Wildman–Crippen MR) is 160 cm³/mol. The van der Waals surface area contributed by atoms with Crippen molar-refractivity contribution < 1.29 is 13.0 Å². The molecule has 0 saturated heterocycles. The highest BCUT2D eigenvalue weighted by Crippen LogP contribution is 2.37. The van der Waals surface area contributed by atoms with Crippen LogP contribution in [-0.4, -0.2) is 13.0 Å². The second kappa shape index (κ2) is 10.5. The van der Waals surface area contributed by atoms with Crippen LogP contribution in [0.3, 0.4) is 0 Å². The average Bonchev–Trinajstić information content (AvgIpc) is 2.97. The zero-order valence-corrected chi connectivity index (χ0v) is 22.5. The summed E-state index contributed by atoms with van der Waals surface area (Å²) < 4.78 is 34.3. The summed E-state index contributed by atoms with van der Waals surface area (Å²) in [5, 5.41) is 5.38. The van der Waals surface area contributed by atoms with Crippen LogP contribution >= 0.6 is 0 Å². The maximum atomic E-state index is 11.4. The standard InChI is InChI=1S/C18H15S.C16H10O3S/c1-4-10-16(11-5-1)19(17-12-6-2-7-13-17)18-14-8-3-9-15-18;17-20(18,19)14-9-7-12-5-4-10-2-1-3-11-6-8-13(14)16(12)15(10)11/h1-15H;1-9H,(H,17,18,19)/q+1;/p-1. The van der Waals surface area contributed by atoms with Crippen LogP contribution in [0.25, 0.3) is 32.3 Å². The van der Waals surface area contributed by atoms with E-state index >= 15 is 0 Å². The summed E-state index contributed by atoms with van der Waals surface area (Å²) in [6.45, 7) is 0. The molecule has 0 spiro atoms. The smallest absolute Gasteiger partial charge is 0.166 e. The van der Waals surface area contributed by atoms with Crippen LogP contribution in [0.4, 0.5) is 0 Å². The quantitative estimate of drug-likeness (QED) is 0.127. The summed E-state index contributed by atoms with van der Waals surface area (Å²) in [4.78, 5) is 3.93. The van der Waals surface area contributed by atoms with E-state index in [1.807, 2.05) is 36.4 Å². The molecular formula is C34H24O3S2. The van der Waals surface area contributed by atoms with Gasteiger partial charge in [-0.1, -0.05) is 103 Å². The van der Waals surface area contributed by atoms with E-state index in [1.165, 1.54) is 20.8 Å². The summed E-state index contributed by atoms with van der Waals surface area (Å²) in [6, 6.07) is 48.7. The van der Waals surface area contributed by atoms with Gasteiger partial charge < -0.3 is 4.55 Å². The molecular weight excluding hydrogens is 521 g/mol. The van der Waals surface area contributed by atoms with E-state index in [0.717, 1.165) is 26.9 Å². The maximum absolute atomic E-state index is 11.4. The van der Waals surface area contributed by atoms with Gasteiger partial charge in [0.1, 0.15) is 10.1 Å². The zero-order valence-electron chi connectivity index (χ0n) is 20.9. The predicted octanol–water partition coefficient (Wildman–Crippen LogP) is 8.27. The molecule has 0 aliphatic carbocycles. The highest BCUT2D eigenvalue weighted by molar-refractivity contribution is 7.97. The lowest BCUT2D eigenvalue weighted by Gasteiger charge is -2.15. The van der Waals surface area contributed by atoms with Crippen LogP contribution < -0.4 is 0 Å². The maximum Gasteiger partial charge on any atom is 0.166 e. The number of benzene rings is 7. The Balaban J connectivity index is 0.000000142. The van der Waals surface area contributed by atoms with Crippen LogP contribution in [0.1, 0.15) is 0 Å². The van der Waals surface area contributed by atoms with Gasteiger partial charge in [0.25, 0.3) is 0 Å². The van der Waals surface area contributed by atoms with E-state index in [4.69, 9.17) is 0 Å². The van der Waals surface area contributed by atoms with E-state index in [2.05, 4.69) is 91.0 Å². The van der Waals surface area contributed by atoms with Gasteiger partial charge in [-0.3, -0.25) is 0 Å². The number of hydrogen-bond acceptors (Lipinski definition) is 3. The van der Waals surface area contributed by atoms with Gasteiger partial charge in [-0.05, 0) is 69.4 Å². The fourth-order valence-corrected chi connectivity index (χ4v) is 7.78. The van der Waals surface area contributed by atoms with E-state index in [0.29, 0.717) is 5.39 Å². The van der Waals surface area contributed by atoms with Gasteiger partial charge in [-0.2, -0.15) is 0 Å². The highest BCUT2D eigenvalue weighted by Gasteiger charge is 2.27. The first-order chi connectivity index (χ1) is 19.0. The van der Waals surface area contributed by atoms with Crippen LogP contribution in [0.2, 0.25) is 0 Å². The Kier molecular flexibility index (Phi) is 6.79. The number of rotatable bonds is 4. The van der Waals surface area contributed by atoms with Crippen molar-refractivity contribution in [1.29, 1.82) is 0 Å². The molecule has 190 valence electrons. The highest BCUT2D eigenvalue weighted by atomic mass is 32.2. The Morgan fingerprint density at radius 2 is 0.846 bits per heavy atom. The minimum Gasteiger partial charge on any atom is -0.744 e. The molecule has 0 saturated carbocycles. The third-order valence-electron chi connectivity index (χ3n) is 6.69. The van der Waals surface area contributed by atoms with Crippen molar-refractivity contribution in [2.24, 2.45) is 0 Å². The van der Waals surface area contributed by atoms with Crippen molar-refractivity contribution in [3.05, 3.63) is 146 Å². The SMILES string of the molecule is O=S(=O)([O-])c1ccc2ccc3cccc4ccc1c2c34.c1ccc([S+](c2ccccc2)c2ccccc2)cc1. The van der Waals surface area contributed by atoms with Crippen LogP contribution in [0, 0.1) is 0 Å². The van der Waals surface area contributed by atoms with Gasteiger partial charge in [-0.25, -0.2) is 8.42 Å². The first-order valence-corrected chi connectivity index (χ1v) is 15.2. The van der Waals surface area contributed by atoms with Crippen LogP contribution in [-0.2, 0) is 21.0 Å². The molecule has 0 fully saturated rings. The fourth-order valence-electron chi connectivity index (χ4n) is 5.00. The molecule has 0 atom stereocenters. The summed E-state index contributed by atoms with van der Waals surface area (Å²) in [5.41, 5.74) is 0. The van der Waals surface area contributed by atoms with E-state index in [1.54, 1.807) is 12.1 Å². The Morgan fingerprint density at radius 1 is 0.436 bits per heavy atom. The molecule has 0 aliphatic heterocycles. The molecule has 0 heterocycles. The minimum atomic E-state index is -4.48. The Bertz CT molecular complexity index is 1860. The van der Waals surface area contributed by atoms with Crippen molar-refractivity contribution >= 4 is 53.3 Å². The molecule has 0 N–H and O–H groups in total. The summed E-state index contributed by atoms with van der Waals surface area (Å²) in [7, 11) is -4.49. The second-order valence-electron chi connectivity index (χ2n) is 9.12. The monoisotopic (exact) mass is 544 g/mol. The fraction of sp³-hybridized carbons (Fsp3) is 0. The Morgan fingerprint density at radius 3 is 1.31 bits per heavy atom. The van der Waals surface area contributed by atoms with Crippen LogP contribution in [0.5, 0.6) is 0 Å². The molecule has 5 heteroatoms. The first-order valence-electron chi connectivity index (χ1n) is 12.5. The molecule has 7 aromatic rings. The summed E-state index contributed by atoms with van der Waals surface area (Å²) in [5.74, 6) is 0. The van der Waals surface area contributed by atoms with Crippen molar-refractivity contribution in [3.63, 3.8) is 0 Å². The lowest BCUT2D eigenvalue weighted by atomic mass is 9.94. The lowest BCUT2D eigenvalue weighted by molar-refractivity contribution is 0.464. The van der Waals surface area contributed by atoms with Gasteiger partial charge in [0.05, 0.1) is 15.8 Å². The van der Waals surface area contributed by atoms with Gasteiger partial charge in [0.15, 0.2) is 14.7 Å². The molecule has 7 rings (SSSR count). The summed E-state index contributed by atoms with van der Waals surface area (Å²) in [6.07, 6.45) is 0. The summed E-state index contributed by atoms with van der Waals surface area (Å²) >= 11 is 0. The van der Waals surface area contributed by atoms with Gasteiger partial charge in [0, 0.05) is 5.39 Å². The van der Waals surface area contributed by atoms with Crippen molar-refractivity contribution in [2.75, 3.05) is 0 Å². The van der Waals surface area contributed by atoms with E-state index < -0.39 is 10.1 Å². The molecule has 39 heavy (non-hydrogen) atoms. The lowest BCUT2D eigenvalue weighted by Crippen LogP contribution is -2.04. The number of hydrogen-bond donors (Lipinski definition) is 0. The first kappa shape index (κ1) is 25.1.